The Kier molecular flexibility index (Phi) is 4.69. The molecule has 3 N–H and O–H groups in total. The van der Waals surface area contributed by atoms with Gasteiger partial charge in [-0.25, -0.2) is 0 Å². The summed E-state index contributed by atoms with van der Waals surface area (Å²) in [7, 11) is 0. The Bertz CT molecular complexity index is 396. The molecular weight excluding hydrogens is 216 g/mol. The van der Waals surface area contributed by atoms with Crippen LogP contribution in [0.3, 0.4) is 0 Å². The van der Waals surface area contributed by atoms with E-state index in [1.807, 2.05) is 12.1 Å². The van der Waals surface area contributed by atoms with E-state index < -0.39 is 5.91 Å². The van der Waals surface area contributed by atoms with Crippen molar-refractivity contribution in [1.29, 1.82) is 0 Å². The lowest BCUT2D eigenvalue weighted by molar-refractivity contribution is -0.117. The van der Waals surface area contributed by atoms with Crippen LogP contribution in [0, 0.1) is 0 Å². The topological polar surface area (TPSA) is 72.2 Å². The van der Waals surface area contributed by atoms with Crippen molar-refractivity contribution in [2.45, 2.75) is 26.2 Å². The van der Waals surface area contributed by atoms with Gasteiger partial charge in [0.05, 0.1) is 0 Å². The van der Waals surface area contributed by atoms with Crippen molar-refractivity contribution in [2.24, 2.45) is 5.73 Å². The summed E-state index contributed by atoms with van der Waals surface area (Å²) in [5.74, 6) is -0.149. The van der Waals surface area contributed by atoms with E-state index in [1.54, 1.807) is 12.1 Å². The number of amides is 2. The predicted molar refractivity (Wildman–Crippen MR) is 66.7 cm³/mol. The Morgan fingerprint density at radius 3 is 2.29 bits per heavy atom. The zero-order chi connectivity index (χ0) is 12.8. The summed E-state index contributed by atoms with van der Waals surface area (Å²) in [5.41, 5.74) is 6.77. The molecule has 0 aliphatic carbocycles. The van der Waals surface area contributed by atoms with E-state index in [9.17, 15) is 9.59 Å². The van der Waals surface area contributed by atoms with Gasteiger partial charge in [0.15, 0.2) is 0 Å². The highest BCUT2D eigenvalue weighted by Gasteiger charge is 2.06. The Balaban J connectivity index is 2.54. The van der Waals surface area contributed by atoms with E-state index in [1.165, 1.54) is 5.56 Å². The van der Waals surface area contributed by atoms with Crippen molar-refractivity contribution < 1.29 is 9.59 Å². The molecule has 0 spiro atoms. The molecule has 1 aromatic rings. The molecule has 0 heterocycles. The number of benzene rings is 1. The minimum atomic E-state index is -0.416. The SMILES string of the molecule is CC(C)c1ccc(C(=O)NCCC(N)=O)cc1. The first-order valence-corrected chi connectivity index (χ1v) is 5.67. The van der Waals surface area contributed by atoms with Crippen LogP contribution in [-0.2, 0) is 4.79 Å². The van der Waals surface area contributed by atoms with Crippen molar-refractivity contribution in [2.75, 3.05) is 6.54 Å². The highest BCUT2D eigenvalue weighted by Crippen LogP contribution is 2.14. The lowest BCUT2D eigenvalue weighted by atomic mass is 10.0. The minimum absolute atomic E-state index is 0.163. The molecule has 1 rings (SSSR count). The van der Waals surface area contributed by atoms with Crippen LogP contribution in [0.2, 0.25) is 0 Å². The molecule has 0 atom stereocenters. The average Bonchev–Trinajstić information content (AvgIpc) is 2.28. The molecule has 4 nitrogen and oxygen atoms in total. The summed E-state index contributed by atoms with van der Waals surface area (Å²) >= 11 is 0. The number of nitrogens with two attached hydrogens (primary N) is 1. The van der Waals surface area contributed by atoms with Gasteiger partial charge < -0.3 is 11.1 Å². The van der Waals surface area contributed by atoms with E-state index in [-0.39, 0.29) is 18.9 Å². The van der Waals surface area contributed by atoms with Crippen LogP contribution in [0.5, 0.6) is 0 Å². The minimum Gasteiger partial charge on any atom is -0.370 e. The zero-order valence-corrected chi connectivity index (χ0v) is 10.2. The van der Waals surface area contributed by atoms with E-state index in [0.717, 1.165) is 0 Å². The van der Waals surface area contributed by atoms with Crippen LogP contribution in [0.25, 0.3) is 0 Å². The van der Waals surface area contributed by atoms with Crippen molar-refractivity contribution in [3.63, 3.8) is 0 Å². The summed E-state index contributed by atoms with van der Waals surface area (Å²) in [6.07, 6.45) is 0.163. The maximum Gasteiger partial charge on any atom is 0.251 e. The highest BCUT2D eigenvalue weighted by molar-refractivity contribution is 5.94. The van der Waals surface area contributed by atoms with Gasteiger partial charge in [-0.15, -0.1) is 0 Å². The van der Waals surface area contributed by atoms with Crippen molar-refractivity contribution in [1.82, 2.24) is 5.32 Å². The molecule has 0 fully saturated rings. The third-order valence-corrected chi connectivity index (χ3v) is 2.50. The summed E-state index contributed by atoms with van der Waals surface area (Å²) in [6, 6.07) is 7.45. The number of nitrogens with one attached hydrogen (secondary N) is 1. The van der Waals surface area contributed by atoms with Gasteiger partial charge in [0.25, 0.3) is 5.91 Å². The maximum atomic E-state index is 11.6. The smallest absolute Gasteiger partial charge is 0.251 e. The monoisotopic (exact) mass is 234 g/mol. The van der Waals surface area contributed by atoms with Crippen molar-refractivity contribution in [3.8, 4) is 0 Å². The van der Waals surface area contributed by atoms with Crippen LogP contribution in [0.15, 0.2) is 24.3 Å². The molecule has 0 aliphatic rings. The molecule has 0 radical (unpaired) electrons. The normalized spacial score (nSPS) is 10.3. The van der Waals surface area contributed by atoms with Crippen LogP contribution < -0.4 is 11.1 Å². The molecule has 4 heteroatoms. The number of rotatable bonds is 5. The third kappa shape index (κ3) is 4.26. The molecule has 17 heavy (non-hydrogen) atoms. The lowest BCUT2D eigenvalue weighted by Crippen LogP contribution is -2.27. The van der Waals surface area contributed by atoms with E-state index >= 15 is 0 Å². The fourth-order valence-electron chi connectivity index (χ4n) is 1.42. The Morgan fingerprint density at radius 1 is 1.24 bits per heavy atom. The average molecular weight is 234 g/mol. The second-order valence-electron chi connectivity index (χ2n) is 4.25. The fourth-order valence-corrected chi connectivity index (χ4v) is 1.42. The van der Waals surface area contributed by atoms with Crippen molar-refractivity contribution >= 4 is 11.8 Å². The molecule has 1 aromatic carbocycles. The number of carbonyl (C=O) groups excluding carboxylic acids is 2. The fraction of sp³-hybridized carbons (Fsp3) is 0.385. The summed E-state index contributed by atoms with van der Waals surface area (Å²) < 4.78 is 0. The van der Waals surface area contributed by atoms with Crippen LogP contribution >= 0.6 is 0 Å². The largest absolute Gasteiger partial charge is 0.370 e. The Morgan fingerprint density at radius 2 is 1.82 bits per heavy atom. The van der Waals surface area contributed by atoms with Crippen LogP contribution in [0.4, 0.5) is 0 Å². The summed E-state index contributed by atoms with van der Waals surface area (Å²) in [4.78, 5) is 22.2. The quantitative estimate of drug-likeness (QED) is 0.808. The third-order valence-electron chi connectivity index (χ3n) is 2.50. The Labute approximate surface area is 101 Å². The standard InChI is InChI=1S/C13H18N2O2/c1-9(2)10-3-5-11(6-4-10)13(17)15-8-7-12(14)16/h3-6,9H,7-8H2,1-2H3,(H2,14,16)(H,15,17). The number of primary amides is 1. The second-order valence-corrected chi connectivity index (χ2v) is 4.25. The van der Waals surface area contributed by atoms with E-state index in [4.69, 9.17) is 5.73 Å². The highest BCUT2D eigenvalue weighted by atomic mass is 16.2. The van der Waals surface area contributed by atoms with Crippen LogP contribution in [0.1, 0.15) is 42.1 Å². The number of carbonyl (C=O) groups is 2. The van der Waals surface area contributed by atoms with Gasteiger partial charge in [-0.05, 0) is 23.6 Å². The molecule has 2 amide bonds. The summed E-state index contributed by atoms with van der Waals surface area (Å²) in [5, 5.41) is 2.64. The van der Waals surface area contributed by atoms with Gasteiger partial charge >= 0.3 is 0 Å². The molecule has 0 aromatic heterocycles. The van der Waals surface area contributed by atoms with Gasteiger partial charge in [0.1, 0.15) is 0 Å². The summed E-state index contributed by atoms with van der Waals surface area (Å²) in [6.45, 7) is 4.48. The second kappa shape index (κ2) is 6.03. The number of hydrogen-bond donors (Lipinski definition) is 2. The van der Waals surface area contributed by atoms with Crippen LogP contribution in [-0.4, -0.2) is 18.4 Å². The zero-order valence-electron chi connectivity index (χ0n) is 10.2. The molecule has 0 aliphatic heterocycles. The predicted octanol–water partition coefficient (Wildman–Crippen LogP) is 1.42. The van der Waals surface area contributed by atoms with E-state index in [0.29, 0.717) is 11.5 Å². The van der Waals surface area contributed by atoms with Gasteiger partial charge in [-0.1, -0.05) is 26.0 Å². The maximum absolute atomic E-state index is 11.6. The molecule has 0 bridgehead atoms. The molecule has 0 unspecified atom stereocenters. The molecule has 92 valence electrons. The first-order valence-electron chi connectivity index (χ1n) is 5.67. The molecule has 0 saturated heterocycles. The van der Waals surface area contributed by atoms with Gasteiger partial charge in [-0.3, -0.25) is 9.59 Å². The van der Waals surface area contributed by atoms with Crippen molar-refractivity contribution in [3.05, 3.63) is 35.4 Å². The number of hydrogen-bond acceptors (Lipinski definition) is 2. The lowest BCUT2D eigenvalue weighted by Gasteiger charge is -2.07. The van der Waals surface area contributed by atoms with Gasteiger partial charge in [0, 0.05) is 18.5 Å². The van der Waals surface area contributed by atoms with E-state index in [2.05, 4.69) is 19.2 Å². The van der Waals surface area contributed by atoms with Gasteiger partial charge in [0.2, 0.25) is 5.91 Å². The molecular formula is C13H18N2O2. The Hall–Kier alpha value is -1.84. The van der Waals surface area contributed by atoms with Gasteiger partial charge in [-0.2, -0.15) is 0 Å². The molecule has 0 saturated carbocycles. The first kappa shape index (κ1) is 13.2. The first-order chi connectivity index (χ1) is 8.00.